The highest BCUT2D eigenvalue weighted by molar-refractivity contribution is 6.17. The van der Waals surface area contributed by atoms with Gasteiger partial charge in [0.2, 0.25) is 5.90 Å². The number of benzene rings is 2. The van der Waals surface area contributed by atoms with Crippen LogP contribution in [0.2, 0.25) is 0 Å². The van der Waals surface area contributed by atoms with Crippen molar-refractivity contribution in [1.29, 1.82) is 10.7 Å². The first-order chi connectivity index (χ1) is 11.5. The van der Waals surface area contributed by atoms with E-state index in [1.54, 1.807) is 0 Å². The van der Waals surface area contributed by atoms with Crippen molar-refractivity contribution in [3.63, 3.8) is 0 Å². The molecule has 0 amide bonds. The quantitative estimate of drug-likeness (QED) is 0.855. The molecule has 0 fully saturated rings. The largest absolute Gasteiger partial charge is 0.442 e. The minimum Gasteiger partial charge on any atom is -0.442 e. The Hall–Kier alpha value is -2.51. The van der Waals surface area contributed by atoms with Crippen molar-refractivity contribution in [3.05, 3.63) is 59.2 Å². The highest BCUT2D eigenvalue weighted by Crippen LogP contribution is 2.43. The SMILES string of the molecule is CN(C)c1ccc2c(c1)OC(=N)C(C#N)C2c1ccc(CCl)cc1. The minimum atomic E-state index is -0.635. The van der Waals surface area contributed by atoms with E-state index in [-0.39, 0.29) is 11.8 Å². The van der Waals surface area contributed by atoms with E-state index in [1.165, 1.54) is 0 Å². The lowest BCUT2D eigenvalue weighted by molar-refractivity contribution is 0.450. The predicted octanol–water partition coefficient (Wildman–Crippen LogP) is 4.13. The Bertz CT molecular complexity index is 808. The Morgan fingerprint density at radius 1 is 1.21 bits per heavy atom. The van der Waals surface area contributed by atoms with E-state index in [0.717, 1.165) is 22.4 Å². The number of hydrogen-bond donors (Lipinski definition) is 1. The van der Waals surface area contributed by atoms with E-state index in [9.17, 15) is 5.26 Å². The van der Waals surface area contributed by atoms with Gasteiger partial charge in [0.05, 0.1) is 6.07 Å². The highest BCUT2D eigenvalue weighted by atomic mass is 35.5. The molecule has 4 nitrogen and oxygen atoms in total. The van der Waals surface area contributed by atoms with Crippen molar-refractivity contribution < 1.29 is 4.74 Å². The van der Waals surface area contributed by atoms with E-state index >= 15 is 0 Å². The molecule has 2 aromatic rings. The first-order valence-corrected chi connectivity index (χ1v) is 8.20. The fraction of sp³-hybridized carbons (Fsp3) is 0.263. The Labute approximate surface area is 146 Å². The summed E-state index contributed by atoms with van der Waals surface area (Å²) in [7, 11) is 3.91. The lowest BCUT2D eigenvalue weighted by Crippen LogP contribution is -2.31. The molecule has 1 heterocycles. The summed E-state index contributed by atoms with van der Waals surface area (Å²) in [6, 6.07) is 16.0. The van der Waals surface area contributed by atoms with Gasteiger partial charge in [0.15, 0.2) is 0 Å². The molecule has 0 aliphatic carbocycles. The number of anilines is 1. The monoisotopic (exact) mass is 339 g/mol. The van der Waals surface area contributed by atoms with Crippen molar-refractivity contribution in [3.8, 4) is 11.8 Å². The van der Waals surface area contributed by atoms with Crippen molar-refractivity contribution in [1.82, 2.24) is 0 Å². The Kier molecular flexibility index (Phi) is 4.46. The number of nitrogens with one attached hydrogen (secondary N) is 1. The fourth-order valence-corrected chi connectivity index (χ4v) is 3.16. The summed E-state index contributed by atoms with van der Waals surface area (Å²) < 4.78 is 5.64. The molecule has 0 aromatic heterocycles. The number of rotatable bonds is 3. The van der Waals surface area contributed by atoms with Crippen molar-refractivity contribution in [2.24, 2.45) is 5.92 Å². The average Bonchev–Trinajstić information content (AvgIpc) is 2.60. The zero-order valence-corrected chi connectivity index (χ0v) is 14.3. The van der Waals surface area contributed by atoms with Crippen LogP contribution in [0.1, 0.15) is 22.6 Å². The van der Waals surface area contributed by atoms with Gasteiger partial charge in [0, 0.05) is 43.2 Å². The summed E-state index contributed by atoms with van der Waals surface area (Å²) >= 11 is 5.86. The first kappa shape index (κ1) is 16.4. The van der Waals surface area contributed by atoms with Gasteiger partial charge in [-0.3, -0.25) is 5.41 Å². The van der Waals surface area contributed by atoms with Crippen LogP contribution >= 0.6 is 11.6 Å². The molecule has 1 aliphatic heterocycles. The Morgan fingerprint density at radius 3 is 2.50 bits per heavy atom. The standard InChI is InChI=1S/C19H18ClN3O/c1-23(2)14-7-8-15-17(9-14)24-19(22)16(11-21)18(15)13-5-3-12(10-20)4-6-13/h3-9,16,18,22H,10H2,1-2H3. The molecule has 0 bridgehead atoms. The van der Waals surface area contributed by atoms with Gasteiger partial charge in [0.25, 0.3) is 0 Å². The molecule has 0 spiro atoms. The van der Waals surface area contributed by atoms with Crippen LogP contribution in [0.4, 0.5) is 5.69 Å². The average molecular weight is 340 g/mol. The molecular weight excluding hydrogens is 322 g/mol. The summed E-state index contributed by atoms with van der Waals surface area (Å²) in [6.45, 7) is 0. The van der Waals surface area contributed by atoms with E-state index < -0.39 is 5.92 Å². The fourth-order valence-electron chi connectivity index (χ4n) is 2.98. The third-order valence-electron chi connectivity index (χ3n) is 4.32. The summed E-state index contributed by atoms with van der Waals surface area (Å²) in [5.41, 5.74) is 3.94. The Balaban J connectivity index is 2.12. The van der Waals surface area contributed by atoms with Gasteiger partial charge in [-0.2, -0.15) is 5.26 Å². The van der Waals surface area contributed by atoms with Crippen LogP contribution in [0, 0.1) is 22.7 Å². The predicted molar refractivity (Wildman–Crippen MR) is 96.1 cm³/mol. The van der Waals surface area contributed by atoms with Gasteiger partial charge in [-0.25, -0.2) is 0 Å². The van der Waals surface area contributed by atoms with Crippen LogP contribution in [-0.4, -0.2) is 20.0 Å². The van der Waals surface area contributed by atoms with Gasteiger partial charge >= 0.3 is 0 Å². The van der Waals surface area contributed by atoms with Gasteiger partial charge in [0.1, 0.15) is 11.7 Å². The maximum absolute atomic E-state index is 9.56. The second kappa shape index (κ2) is 6.54. The molecule has 122 valence electrons. The number of halogens is 1. The van der Waals surface area contributed by atoms with E-state index in [2.05, 4.69) is 6.07 Å². The molecule has 24 heavy (non-hydrogen) atoms. The zero-order chi connectivity index (χ0) is 17.3. The Morgan fingerprint density at radius 2 is 1.92 bits per heavy atom. The van der Waals surface area contributed by atoms with Crippen LogP contribution < -0.4 is 9.64 Å². The molecule has 1 aliphatic rings. The van der Waals surface area contributed by atoms with E-state index in [4.69, 9.17) is 21.7 Å². The third-order valence-corrected chi connectivity index (χ3v) is 4.63. The second-order valence-electron chi connectivity index (χ2n) is 6.04. The van der Waals surface area contributed by atoms with Crippen LogP contribution in [-0.2, 0) is 5.88 Å². The normalized spacial score (nSPS) is 19.2. The molecule has 2 atom stereocenters. The van der Waals surface area contributed by atoms with Crippen LogP contribution in [0.15, 0.2) is 42.5 Å². The molecule has 3 rings (SSSR count). The van der Waals surface area contributed by atoms with Crippen molar-refractivity contribution in [2.45, 2.75) is 11.8 Å². The lowest BCUT2D eigenvalue weighted by Gasteiger charge is -2.31. The van der Waals surface area contributed by atoms with Crippen molar-refractivity contribution in [2.75, 3.05) is 19.0 Å². The number of fused-ring (bicyclic) bond motifs is 1. The number of alkyl halides is 1. The molecule has 2 aromatic carbocycles. The third kappa shape index (κ3) is 2.83. The smallest absolute Gasteiger partial charge is 0.205 e. The van der Waals surface area contributed by atoms with Gasteiger partial charge in [-0.05, 0) is 17.2 Å². The topological polar surface area (TPSA) is 60.1 Å². The maximum atomic E-state index is 9.56. The van der Waals surface area contributed by atoms with Crippen LogP contribution in [0.3, 0.4) is 0 Å². The van der Waals surface area contributed by atoms with Crippen LogP contribution in [0.25, 0.3) is 0 Å². The van der Waals surface area contributed by atoms with E-state index in [1.807, 2.05) is 61.5 Å². The van der Waals surface area contributed by atoms with Gasteiger partial charge in [-0.15, -0.1) is 11.6 Å². The first-order valence-electron chi connectivity index (χ1n) is 7.67. The molecular formula is C19H18ClN3O. The number of ether oxygens (including phenoxy) is 1. The molecule has 0 radical (unpaired) electrons. The van der Waals surface area contributed by atoms with Crippen molar-refractivity contribution >= 4 is 23.2 Å². The summed E-state index contributed by atoms with van der Waals surface area (Å²) in [6.07, 6.45) is 0. The van der Waals surface area contributed by atoms with E-state index in [0.29, 0.717) is 11.6 Å². The second-order valence-corrected chi connectivity index (χ2v) is 6.31. The summed E-state index contributed by atoms with van der Waals surface area (Å²) in [5.74, 6) is 0.238. The van der Waals surface area contributed by atoms with Gasteiger partial charge in [-0.1, -0.05) is 30.3 Å². The summed E-state index contributed by atoms with van der Waals surface area (Å²) in [4.78, 5) is 1.98. The number of nitrogens with zero attached hydrogens (tertiary/aromatic N) is 2. The van der Waals surface area contributed by atoms with Gasteiger partial charge < -0.3 is 9.64 Å². The molecule has 5 heteroatoms. The summed E-state index contributed by atoms with van der Waals surface area (Å²) in [5, 5.41) is 17.7. The lowest BCUT2D eigenvalue weighted by atomic mass is 9.79. The molecule has 0 saturated heterocycles. The minimum absolute atomic E-state index is 0.00711. The molecule has 2 unspecified atom stereocenters. The molecule has 1 N–H and O–H groups in total. The maximum Gasteiger partial charge on any atom is 0.205 e. The van der Waals surface area contributed by atoms with Crippen LogP contribution in [0.5, 0.6) is 5.75 Å². The number of hydrogen-bond acceptors (Lipinski definition) is 4. The zero-order valence-electron chi connectivity index (χ0n) is 13.6. The molecule has 0 saturated carbocycles. The number of nitriles is 1. The highest BCUT2D eigenvalue weighted by Gasteiger charge is 2.36.